The van der Waals surface area contributed by atoms with Gasteiger partial charge in [-0.1, -0.05) is 31.5 Å². The Balaban J connectivity index is 2.01. The van der Waals surface area contributed by atoms with Crippen molar-refractivity contribution in [2.75, 3.05) is 24.5 Å². The van der Waals surface area contributed by atoms with Crippen LogP contribution in [-0.4, -0.2) is 31.8 Å². The molecule has 1 heterocycles. The minimum atomic E-state index is 0.264. The van der Waals surface area contributed by atoms with E-state index in [1.54, 1.807) is 0 Å². The average molecular weight is 311 g/mol. The Bertz CT molecular complexity index is 454. The number of rotatable bonds is 5. The Morgan fingerprint density at radius 3 is 2.52 bits per heavy atom. The first-order valence-electron chi connectivity index (χ1n) is 7.85. The zero-order valence-electron chi connectivity index (χ0n) is 13.5. The summed E-state index contributed by atoms with van der Waals surface area (Å²) in [6.45, 7) is 12.3. The number of ether oxygens (including phenoxy) is 1. The van der Waals surface area contributed by atoms with Crippen LogP contribution in [0.2, 0.25) is 5.02 Å². The zero-order chi connectivity index (χ0) is 15.4. The van der Waals surface area contributed by atoms with E-state index in [4.69, 9.17) is 16.3 Å². The van der Waals surface area contributed by atoms with E-state index in [2.05, 4.69) is 56.1 Å². The number of halogens is 1. The molecule has 0 spiro atoms. The molecule has 1 aliphatic heterocycles. The van der Waals surface area contributed by atoms with Gasteiger partial charge in [-0.3, -0.25) is 0 Å². The van der Waals surface area contributed by atoms with E-state index in [-0.39, 0.29) is 12.2 Å². The van der Waals surface area contributed by atoms with Crippen LogP contribution >= 0.6 is 11.6 Å². The first kappa shape index (κ1) is 16.6. The van der Waals surface area contributed by atoms with Crippen molar-refractivity contribution in [3.63, 3.8) is 0 Å². The molecule has 1 saturated heterocycles. The van der Waals surface area contributed by atoms with E-state index in [0.717, 1.165) is 36.8 Å². The number of benzene rings is 1. The van der Waals surface area contributed by atoms with Crippen LogP contribution in [-0.2, 0) is 11.3 Å². The van der Waals surface area contributed by atoms with Crippen LogP contribution in [0.5, 0.6) is 0 Å². The molecule has 3 nitrogen and oxygen atoms in total. The largest absolute Gasteiger partial charge is 0.372 e. The summed E-state index contributed by atoms with van der Waals surface area (Å²) in [5.41, 5.74) is 2.35. The molecule has 0 aromatic heterocycles. The van der Waals surface area contributed by atoms with E-state index < -0.39 is 0 Å². The van der Waals surface area contributed by atoms with Gasteiger partial charge in [-0.25, -0.2) is 0 Å². The van der Waals surface area contributed by atoms with Crippen LogP contribution in [0.25, 0.3) is 0 Å². The summed E-state index contributed by atoms with van der Waals surface area (Å²) in [4.78, 5) is 2.36. The lowest BCUT2D eigenvalue weighted by Gasteiger charge is -2.37. The van der Waals surface area contributed by atoms with Crippen molar-refractivity contribution in [1.82, 2.24) is 5.32 Å². The molecule has 0 bridgehead atoms. The lowest BCUT2D eigenvalue weighted by atomic mass is 10.1. The Hall–Kier alpha value is -0.770. The van der Waals surface area contributed by atoms with Crippen molar-refractivity contribution in [2.24, 2.45) is 5.92 Å². The molecule has 2 rings (SSSR count). The molecule has 2 unspecified atom stereocenters. The zero-order valence-corrected chi connectivity index (χ0v) is 14.3. The Morgan fingerprint density at radius 2 is 1.95 bits per heavy atom. The fourth-order valence-electron chi connectivity index (χ4n) is 2.76. The van der Waals surface area contributed by atoms with E-state index >= 15 is 0 Å². The van der Waals surface area contributed by atoms with Gasteiger partial charge in [0.1, 0.15) is 0 Å². The molecule has 1 aromatic rings. The maximum absolute atomic E-state index is 6.44. The second kappa shape index (κ2) is 7.48. The van der Waals surface area contributed by atoms with Crippen LogP contribution in [0.1, 0.15) is 33.3 Å². The van der Waals surface area contributed by atoms with Crippen molar-refractivity contribution in [1.29, 1.82) is 0 Å². The van der Waals surface area contributed by atoms with Crippen LogP contribution in [0.15, 0.2) is 18.2 Å². The Morgan fingerprint density at radius 1 is 1.29 bits per heavy atom. The van der Waals surface area contributed by atoms with Crippen molar-refractivity contribution >= 4 is 17.3 Å². The maximum Gasteiger partial charge on any atom is 0.0726 e. The van der Waals surface area contributed by atoms with E-state index in [0.29, 0.717) is 5.92 Å². The first-order valence-corrected chi connectivity index (χ1v) is 8.23. The van der Waals surface area contributed by atoms with Crippen LogP contribution in [0, 0.1) is 5.92 Å². The second-order valence-electron chi connectivity index (χ2n) is 6.46. The lowest BCUT2D eigenvalue weighted by Crippen LogP contribution is -2.45. The third-order valence-corrected chi connectivity index (χ3v) is 4.04. The molecule has 118 valence electrons. The number of hydrogen-bond acceptors (Lipinski definition) is 3. The van der Waals surface area contributed by atoms with E-state index in [1.165, 1.54) is 5.69 Å². The molecule has 0 aliphatic carbocycles. The number of anilines is 1. The van der Waals surface area contributed by atoms with Gasteiger partial charge in [-0.05, 0) is 44.0 Å². The van der Waals surface area contributed by atoms with Gasteiger partial charge in [-0.2, -0.15) is 0 Å². The number of nitrogens with zero attached hydrogens (tertiary/aromatic N) is 1. The fourth-order valence-corrected chi connectivity index (χ4v) is 3.00. The highest BCUT2D eigenvalue weighted by atomic mass is 35.5. The average Bonchev–Trinajstić information content (AvgIpc) is 2.39. The standard InChI is InChI=1S/C17H27ClN2O/c1-12(2)8-19-9-15-5-6-16(7-17(15)18)20-10-13(3)21-14(4)11-20/h5-7,12-14,19H,8-11H2,1-4H3. The summed E-state index contributed by atoms with van der Waals surface area (Å²) < 4.78 is 5.78. The van der Waals surface area contributed by atoms with Gasteiger partial charge < -0.3 is 15.0 Å². The third-order valence-electron chi connectivity index (χ3n) is 3.69. The summed E-state index contributed by atoms with van der Waals surface area (Å²) in [5.74, 6) is 0.652. The van der Waals surface area contributed by atoms with Crippen molar-refractivity contribution in [2.45, 2.75) is 46.4 Å². The minimum absolute atomic E-state index is 0.264. The molecule has 0 saturated carbocycles. The highest BCUT2D eigenvalue weighted by Crippen LogP contribution is 2.26. The lowest BCUT2D eigenvalue weighted by molar-refractivity contribution is -0.00521. The predicted molar refractivity (Wildman–Crippen MR) is 90.2 cm³/mol. The molecular weight excluding hydrogens is 284 g/mol. The smallest absolute Gasteiger partial charge is 0.0726 e. The summed E-state index contributed by atoms with van der Waals surface area (Å²) in [5, 5.41) is 4.28. The van der Waals surface area contributed by atoms with Crippen molar-refractivity contribution in [3.05, 3.63) is 28.8 Å². The van der Waals surface area contributed by atoms with Gasteiger partial charge >= 0.3 is 0 Å². The topological polar surface area (TPSA) is 24.5 Å². The van der Waals surface area contributed by atoms with Crippen molar-refractivity contribution < 1.29 is 4.74 Å². The molecule has 1 fully saturated rings. The highest BCUT2D eigenvalue weighted by molar-refractivity contribution is 6.31. The van der Waals surface area contributed by atoms with Gasteiger partial charge in [0, 0.05) is 30.3 Å². The molecule has 1 N–H and O–H groups in total. The second-order valence-corrected chi connectivity index (χ2v) is 6.87. The summed E-state index contributed by atoms with van der Waals surface area (Å²) in [6, 6.07) is 6.39. The molecule has 2 atom stereocenters. The molecule has 1 aromatic carbocycles. The molecule has 0 radical (unpaired) electrons. The Kier molecular flexibility index (Phi) is 5.91. The number of morpholine rings is 1. The first-order chi connectivity index (χ1) is 9.95. The van der Waals surface area contributed by atoms with Gasteiger partial charge in [0.2, 0.25) is 0 Å². The molecule has 21 heavy (non-hydrogen) atoms. The molecular formula is C17H27ClN2O. The van der Waals surface area contributed by atoms with Gasteiger partial charge in [0.15, 0.2) is 0 Å². The van der Waals surface area contributed by atoms with Crippen molar-refractivity contribution in [3.8, 4) is 0 Å². The quantitative estimate of drug-likeness (QED) is 0.897. The fraction of sp³-hybridized carbons (Fsp3) is 0.647. The van der Waals surface area contributed by atoms with E-state index in [1.807, 2.05) is 0 Å². The van der Waals surface area contributed by atoms with Gasteiger partial charge in [0.05, 0.1) is 12.2 Å². The van der Waals surface area contributed by atoms with Gasteiger partial charge in [0.25, 0.3) is 0 Å². The summed E-state index contributed by atoms with van der Waals surface area (Å²) in [7, 11) is 0. The normalized spacial score (nSPS) is 22.9. The molecule has 1 aliphatic rings. The van der Waals surface area contributed by atoms with Gasteiger partial charge in [-0.15, -0.1) is 0 Å². The maximum atomic E-state index is 6.44. The predicted octanol–water partition coefficient (Wildman–Crippen LogP) is 3.70. The minimum Gasteiger partial charge on any atom is -0.372 e. The number of hydrogen-bond donors (Lipinski definition) is 1. The van der Waals surface area contributed by atoms with Crippen LogP contribution in [0.4, 0.5) is 5.69 Å². The SMILES string of the molecule is CC(C)CNCc1ccc(N2CC(C)OC(C)C2)cc1Cl. The van der Waals surface area contributed by atoms with E-state index in [9.17, 15) is 0 Å². The summed E-state index contributed by atoms with van der Waals surface area (Å²) in [6.07, 6.45) is 0.528. The molecule has 4 heteroatoms. The third kappa shape index (κ3) is 4.87. The van der Waals surface area contributed by atoms with Crippen LogP contribution in [0.3, 0.4) is 0 Å². The number of nitrogens with one attached hydrogen (secondary N) is 1. The highest BCUT2D eigenvalue weighted by Gasteiger charge is 2.22. The summed E-state index contributed by atoms with van der Waals surface area (Å²) >= 11 is 6.44. The molecule has 0 amide bonds. The Labute approximate surface area is 133 Å². The monoisotopic (exact) mass is 310 g/mol. The van der Waals surface area contributed by atoms with Crippen LogP contribution < -0.4 is 10.2 Å².